The van der Waals surface area contributed by atoms with Crippen molar-refractivity contribution < 1.29 is 13.2 Å². The van der Waals surface area contributed by atoms with Crippen LogP contribution in [0.4, 0.5) is 5.69 Å². The van der Waals surface area contributed by atoms with Crippen LogP contribution in [0.5, 0.6) is 5.75 Å². The van der Waals surface area contributed by atoms with Crippen LogP contribution in [0, 0.1) is 0 Å². The molecule has 2 aromatic carbocycles. The van der Waals surface area contributed by atoms with Crippen LogP contribution < -0.4 is 15.5 Å². The molecule has 2 aromatic rings. The molecule has 0 bridgehead atoms. The van der Waals surface area contributed by atoms with E-state index in [1.807, 2.05) is 24.3 Å². The molecule has 0 unspecified atom stereocenters. The summed E-state index contributed by atoms with van der Waals surface area (Å²) in [4.78, 5) is 0.230. The third kappa shape index (κ3) is 5.49. The number of nitrogens with zero attached hydrogens (tertiary/aromatic N) is 2. The molecule has 0 aromatic heterocycles. The van der Waals surface area contributed by atoms with Crippen LogP contribution in [0.2, 0.25) is 0 Å². The van der Waals surface area contributed by atoms with Crippen molar-refractivity contribution in [3.05, 3.63) is 54.1 Å². The van der Waals surface area contributed by atoms with Gasteiger partial charge in [0, 0.05) is 19.8 Å². The molecule has 0 aliphatic rings. The minimum absolute atomic E-state index is 0.230. The first-order valence-corrected chi connectivity index (χ1v) is 9.87. The van der Waals surface area contributed by atoms with E-state index in [1.165, 1.54) is 18.4 Å². The van der Waals surface area contributed by atoms with Crippen molar-refractivity contribution in [3.8, 4) is 5.75 Å². The van der Waals surface area contributed by atoms with Crippen LogP contribution in [-0.4, -0.2) is 44.8 Å². The summed E-state index contributed by atoms with van der Waals surface area (Å²) >= 11 is 5.22. The highest BCUT2D eigenvalue weighted by Crippen LogP contribution is 2.15. The zero-order valence-electron chi connectivity index (χ0n) is 15.6. The van der Waals surface area contributed by atoms with Crippen LogP contribution in [0.1, 0.15) is 12.5 Å². The Hall–Kier alpha value is -2.49. The molecule has 0 saturated heterocycles. The minimum Gasteiger partial charge on any atom is -0.497 e. The molecule has 0 amide bonds. The molecule has 0 heterocycles. The van der Waals surface area contributed by atoms with Gasteiger partial charge in [0.15, 0.2) is 5.11 Å². The first-order chi connectivity index (χ1) is 12.7. The molecule has 2 rings (SSSR count). The van der Waals surface area contributed by atoms with Gasteiger partial charge in [0.05, 0.1) is 17.7 Å². The molecular formula is C18H22N4O3S2. The van der Waals surface area contributed by atoms with Crippen LogP contribution in [0.25, 0.3) is 0 Å². The van der Waals surface area contributed by atoms with Gasteiger partial charge in [-0.15, -0.1) is 0 Å². The third-order valence-corrected chi connectivity index (χ3v) is 5.75. The zero-order chi connectivity index (χ0) is 20.0. The average molecular weight is 407 g/mol. The fourth-order valence-electron chi connectivity index (χ4n) is 2.11. The van der Waals surface area contributed by atoms with Crippen molar-refractivity contribution in [1.29, 1.82) is 0 Å². The van der Waals surface area contributed by atoms with E-state index in [4.69, 9.17) is 17.0 Å². The van der Waals surface area contributed by atoms with E-state index in [1.54, 1.807) is 38.3 Å². The lowest BCUT2D eigenvalue weighted by Gasteiger charge is -2.12. The van der Waals surface area contributed by atoms with Crippen molar-refractivity contribution in [2.45, 2.75) is 11.8 Å². The number of methoxy groups -OCH3 is 1. The molecule has 0 saturated carbocycles. The lowest BCUT2D eigenvalue weighted by molar-refractivity contribution is 0.415. The van der Waals surface area contributed by atoms with Crippen LogP contribution in [0.3, 0.4) is 0 Å². The van der Waals surface area contributed by atoms with Gasteiger partial charge in [-0.05, 0) is 61.1 Å². The van der Waals surface area contributed by atoms with E-state index in [9.17, 15) is 8.42 Å². The van der Waals surface area contributed by atoms with Crippen molar-refractivity contribution in [1.82, 2.24) is 9.73 Å². The molecule has 9 heteroatoms. The summed E-state index contributed by atoms with van der Waals surface area (Å²) in [5.74, 6) is 0.757. The Morgan fingerprint density at radius 1 is 1.07 bits per heavy atom. The van der Waals surface area contributed by atoms with Crippen LogP contribution in [-0.2, 0) is 10.0 Å². The molecule has 7 nitrogen and oxygen atoms in total. The maximum absolute atomic E-state index is 12.1. The topological polar surface area (TPSA) is 83.0 Å². The van der Waals surface area contributed by atoms with Gasteiger partial charge in [0.1, 0.15) is 5.75 Å². The summed E-state index contributed by atoms with van der Waals surface area (Å²) in [6, 6.07) is 13.8. The van der Waals surface area contributed by atoms with E-state index in [2.05, 4.69) is 15.8 Å². The SMILES string of the molecule is COc1ccc(NC(=S)N/N=C(/C)c2ccc(S(=O)(=O)N(C)C)cc2)cc1. The lowest BCUT2D eigenvalue weighted by Crippen LogP contribution is -2.25. The number of anilines is 1. The molecule has 0 atom stereocenters. The maximum atomic E-state index is 12.1. The summed E-state index contributed by atoms with van der Waals surface area (Å²) < 4.78 is 30.5. The van der Waals surface area contributed by atoms with Gasteiger partial charge < -0.3 is 10.1 Å². The second-order valence-corrected chi connectivity index (χ2v) is 8.36. The van der Waals surface area contributed by atoms with E-state index in [-0.39, 0.29) is 4.90 Å². The predicted octanol–water partition coefficient (Wildman–Crippen LogP) is 2.66. The second-order valence-electron chi connectivity index (χ2n) is 5.80. The summed E-state index contributed by atoms with van der Waals surface area (Å²) in [5.41, 5.74) is 5.03. The number of benzene rings is 2. The zero-order valence-corrected chi connectivity index (χ0v) is 17.2. The monoisotopic (exact) mass is 406 g/mol. The predicted molar refractivity (Wildman–Crippen MR) is 112 cm³/mol. The van der Waals surface area contributed by atoms with Crippen LogP contribution >= 0.6 is 12.2 Å². The highest BCUT2D eigenvalue weighted by molar-refractivity contribution is 7.89. The minimum atomic E-state index is -3.45. The number of ether oxygens (including phenoxy) is 1. The summed E-state index contributed by atoms with van der Waals surface area (Å²) in [7, 11) is 1.15. The van der Waals surface area contributed by atoms with E-state index in [0.717, 1.165) is 17.0 Å². The number of hydrogen-bond donors (Lipinski definition) is 2. The van der Waals surface area contributed by atoms with Gasteiger partial charge in [-0.3, -0.25) is 5.43 Å². The van der Waals surface area contributed by atoms with E-state index < -0.39 is 10.0 Å². The summed E-state index contributed by atoms with van der Waals surface area (Å²) in [5, 5.41) is 7.58. The van der Waals surface area contributed by atoms with Gasteiger partial charge in [-0.2, -0.15) is 5.10 Å². The average Bonchev–Trinajstić information content (AvgIpc) is 2.66. The van der Waals surface area contributed by atoms with Crippen LogP contribution in [0.15, 0.2) is 58.5 Å². The van der Waals surface area contributed by atoms with Gasteiger partial charge >= 0.3 is 0 Å². The van der Waals surface area contributed by atoms with Crippen molar-refractivity contribution >= 4 is 38.8 Å². The van der Waals surface area contributed by atoms with Gasteiger partial charge in [0.2, 0.25) is 10.0 Å². The molecule has 0 aliphatic carbocycles. The van der Waals surface area contributed by atoms with Crippen molar-refractivity contribution in [2.75, 3.05) is 26.5 Å². The summed E-state index contributed by atoms with van der Waals surface area (Å²) in [6.07, 6.45) is 0. The molecule has 0 aliphatic heterocycles. The second kappa shape index (κ2) is 8.94. The van der Waals surface area contributed by atoms with Gasteiger partial charge in [-0.25, -0.2) is 12.7 Å². The maximum Gasteiger partial charge on any atom is 0.242 e. The number of thiocarbonyl (C=S) groups is 1. The first-order valence-electron chi connectivity index (χ1n) is 8.02. The van der Waals surface area contributed by atoms with Gasteiger partial charge in [-0.1, -0.05) is 12.1 Å². The highest BCUT2D eigenvalue weighted by Gasteiger charge is 2.16. The molecular weight excluding hydrogens is 384 g/mol. The quantitative estimate of drug-likeness (QED) is 0.436. The Labute approximate surface area is 165 Å². The number of rotatable bonds is 6. The Morgan fingerprint density at radius 3 is 2.19 bits per heavy atom. The Bertz CT molecular complexity index is 922. The largest absolute Gasteiger partial charge is 0.497 e. The number of sulfonamides is 1. The standard InChI is InChI=1S/C18H22N4O3S2/c1-13(14-5-11-17(12-6-14)27(23,24)22(2)3)20-21-18(26)19-15-7-9-16(25-4)10-8-15/h5-12H,1-4H3,(H2,19,21,26)/b20-13-. The fourth-order valence-corrected chi connectivity index (χ4v) is 3.18. The van der Waals surface area contributed by atoms with E-state index >= 15 is 0 Å². The molecule has 27 heavy (non-hydrogen) atoms. The lowest BCUT2D eigenvalue weighted by atomic mass is 10.1. The highest BCUT2D eigenvalue weighted by atomic mass is 32.2. The molecule has 2 N–H and O–H groups in total. The van der Waals surface area contributed by atoms with E-state index in [0.29, 0.717) is 10.8 Å². The molecule has 0 fully saturated rings. The number of nitrogens with one attached hydrogen (secondary N) is 2. The fraction of sp³-hybridized carbons (Fsp3) is 0.222. The van der Waals surface area contributed by atoms with Crippen molar-refractivity contribution in [2.24, 2.45) is 5.10 Å². The Kier molecular flexibility index (Phi) is 6.89. The molecule has 0 spiro atoms. The van der Waals surface area contributed by atoms with Gasteiger partial charge in [0.25, 0.3) is 0 Å². The van der Waals surface area contributed by atoms with Crippen molar-refractivity contribution in [3.63, 3.8) is 0 Å². The Morgan fingerprint density at radius 2 is 1.67 bits per heavy atom. The number of hydrazone groups is 1. The summed E-state index contributed by atoms with van der Waals surface area (Å²) in [6.45, 7) is 1.80. The third-order valence-electron chi connectivity index (χ3n) is 3.72. The molecule has 0 radical (unpaired) electrons. The Balaban J connectivity index is 2.01. The first kappa shape index (κ1) is 20.8. The number of hydrogen-bond acceptors (Lipinski definition) is 5. The smallest absolute Gasteiger partial charge is 0.242 e. The molecule has 144 valence electrons. The normalized spacial score (nSPS) is 12.0.